The molecule has 1 rings (SSSR count). The van der Waals surface area contributed by atoms with Gasteiger partial charge in [0.15, 0.2) is 0 Å². The van der Waals surface area contributed by atoms with Gasteiger partial charge in [-0.25, -0.2) is 0 Å². The van der Waals surface area contributed by atoms with Gasteiger partial charge in [-0.2, -0.15) is 0 Å². The van der Waals surface area contributed by atoms with Crippen LogP contribution in [0.25, 0.3) is 0 Å². The van der Waals surface area contributed by atoms with E-state index in [-0.39, 0.29) is 0 Å². The van der Waals surface area contributed by atoms with E-state index in [0.29, 0.717) is 5.75 Å². The molecule has 0 saturated heterocycles. The van der Waals surface area contributed by atoms with Crippen LogP contribution in [0.5, 0.6) is 5.75 Å². The Kier molecular flexibility index (Phi) is 5.09. The minimum atomic E-state index is 0.340. The molecule has 0 heterocycles. The van der Waals surface area contributed by atoms with Gasteiger partial charge in [0.2, 0.25) is 0 Å². The van der Waals surface area contributed by atoms with Crippen LogP contribution in [0.3, 0.4) is 0 Å². The van der Waals surface area contributed by atoms with Crippen molar-refractivity contribution in [3.8, 4) is 5.75 Å². The van der Waals surface area contributed by atoms with Gasteiger partial charge in [0.25, 0.3) is 0 Å². The summed E-state index contributed by atoms with van der Waals surface area (Å²) in [7, 11) is 0. The number of aromatic hydroxyl groups is 1. The van der Waals surface area contributed by atoms with Crippen LogP contribution in [0.2, 0.25) is 0 Å². The average Bonchev–Trinajstić information content (AvgIpc) is 2.00. The van der Waals surface area contributed by atoms with Gasteiger partial charge >= 0.3 is 55.6 Å². The molecule has 0 atom stereocenters. The fourth-order valence-corrected chi connectivity index (χ4v) is 0.801. The molecule has 0 fully saturated rings. The SMILES string of the molecule is CC.Oc1ccccc1[SeH]. The zero-order chi connectivity index (χ0) is 7.98. The molecule has 0 spiro atoms. The molecule has 1 aromatic carbocycles. The summed E-state index contributed by atoms with van der Waals surface area (Å²) in [5.74, 6) is 0.340. The Morgan fingerprint density at radius 2 is 1.70 bits per heavy atom. The monoisotopic (exact) mass is 204 g/mol. The molecular weight excluding hydrogens is 191 g/mol. The number of hydrogen-bond acceptors (Lipinski definition) is 1. The van der Waals surface area contributed by atoms with Gasteiger partial charge < -0.3 is 0 Å². The molecule has 0 amide bonds. The Bertz CT molecular complexity index is 165. The average molecular weight is 203 g/mol. The van der Waals surface area contributed by atoms with Gasteiger partial charge in [0, 0.05) is 0 Å². The summed E-state index contributed by atoms with van der Waals surface area (Å²) in [6.45, 7) is 4.00. The van der Waals surface area contributed by atoms with Crippen molar-refractivity contribution in [2.75, 3.05) is 0 Å². The fraction of sp³-hybridized carbons (Fsp3) is 0.250. The predicted octanol–water partition coefficient (Wildman–Crippen LogP) is 0.944. The summed E-state index contributed by atoms with van der Waals surface area (Å²) >= 11 is 2.30. The van der Waals surface area contributed by atoms with Crippen molar-refractivity contribution in [3.63, 3.8) is 0 Å². The maximum absolute atomic E-state index is 8.90. The molecule has 0 saturated carbocycles. The molecule has 1 nitrogen and oxygen atoms in total. The van der Waals surface area contributed by atoms with E-state index in [1.807, 2.05) is 26.0 Å². The second-order valence-electron chi connectivity index (χ2n) is 1.49. The van der Waals surface area contributed by atoms with Gasteiger partial charge in [-0.1, -0.05) is 13.8 Å². The minimum absolute atomic E-state index is 0.340. The van der Waals surface area contributed by atoms with Crippen molar-refractivity contribution in [2.45, 2.75) is 13.8 Å². The normalized spacial score (nSPS) is 7.90. The Balaban J connectivity index is 0.000000371. The third-order valence-corrected chi connectivity index (χ3v) is 1.68. The van der Waals surface area contributed by atoms with Crippen molar-refractivity contribution >= 4 is 20.5 Å². The van der Waals surface area contributed by atoms with Crippen molar-refractivity contribution in [2.24, 2.45) is 0 Å². The molecule has 0 bridgehead atoms. The molecular formula is C8H12OSe. The number of para-hydroxylation sites is 1. The van der Waals surface area contributed by atoms with Crippen LogP contribution in [0.1, 0.15) is 13.8 Å². The van der Waals surface area contributed by atoms with Crippen LogP contribution in [0.15, 0.2) is 24.3 Å². The molecule has 0 aliphatic carbocycles. The fourth-order valence-electron chi connectivity index (χ4n) is 0.464. The summed E-state index contributed by atoms with van der Waals surface area (Å²) in [6.07, 6.45) is 0. The number of benzene rings is 1. The summed E-state index contributed by atoms with van der Waals surface area (Å²) in [5, 5.41) is 8.90. The van der Waals surface area contributed by atoms with Crippen molar-refractivity contribution < 1.29 is 5.11 Å². The first-order chi connectivity index (χ1) is 4.80. The summed E-state index contributed by atoms with van der Waals surface area (Å²) in [6, 6.07) is 7.18. The number of hydrogen-bond donors (Lipinski definition) is 1. The zero-order valence-corrected chi connectivity index (χ0v) is 8.08. The molecule has 0 aliphatic rings. The van der Waals surface area contributed by atoms with Gasteiger partial charge in [-0.15, -0.1) is 0 Å². The number of rotatable bonds is 0. The first kappa shape index (κ1) is 9.54. The second kappa shape index (κ2) is 5.33. The quantitative estimate of drug-likeness (QED) is 0.622. The van der Waals surface area contributed by atoms with E-state index in [1.54, 1.807) is 12.1 Å². The topological polar surface area (TPSA) is 20.2 Å². The summed E-state index contributed by atoms with van der Waals surface area (Å²) in [4.78, 5) is 0. The third-order valence-electron chi connectivity index (χ3n) is 0.882. The summed E-state index contributed by atoms with van der Waals surface area (Å²) < 4.78 is 0.861. The molecule has 0 radical (unpaired) electrons. The van der Waals surface area contributed by atoms with E-state index in [9.17, 15) is 0 Å². The van der Waals surface area contributed by atoms with Crippen LogP contribution in [0, 0.1) is 0 Å². The number of phenolic OH excluding ortho intramolecular Hbond substituents is 1. The molecule has 0 aliphatic heterocycles. The maximum atomic E-state index is 8.90. The first-order valence-electron chi connectivity index (χ1n) is 3.27. The van der Waals surface area contributed by atoms with Gasteiger partial charge in [0.1, 0.15) is 0 Å². The second-order valence-corrected chi connectivity index (χ2v) is 2.50. The Labute approximate surface area is 69.9 Å². The molecule has 0 unspecified atom stereocenters. The first-order valence-corrected chi connectivity index (χ1v) is 4.21. The van der Waals surface area contributed by atoms with E-state index < -0.39 is 0 Å². The Morgan fingerprint density at radius 1 is 1.20 bits per heavy atom. The van der Waals surface area contributed by atoms with E-state index in [2.05, 4.69) is 16.0 Å². The van der Waals surface area contributed by atoms with E-state index in [1.165, 1.54) is 0 Å². The van der Waals surface area contributed by atoms with Crippen LogP contribution >= 0.6 is 0 Å². The third kappa shape index (κ3) is 2.90. The molecule has 2 heteroatoms. The molecule has 0 aromatic heterocycles. The molecule has 10 heavy (non-hydrogen) atoms. The van der Waals surface area contributed by atoms with Gasteiger partial charge in [-0.05, 0) is 0 Å². The molecule has 56 valence electrons. The van der Waals surface area contributed by atoms with Crippen LogP contribution in [-0.2, 0) is 0 Å². The Hall–Kier alpha value is -0.461. The van der Waals surface area contributed by atoms with Crippen molar-refractivity contribution in [3.05, 3.63) is 24.3 Å². The van der Waals surface area contributed by atoms with Crippen LogP contribution < -0.4 is 4.46 Å². The zero-order valence-electron chi connectivity index (χ0n) is 6.20. The van der Waals surface area contributed by atoms with Crippen LogP contribution in [-0.4, -0.2) is 21.1 Å². The van der Waals surface area contributed by atoms with Crippen molar-refractivity contribution in [1.82, 2.24) is 0 Å². The summed E-state index contributed by atoms with van der Waals surface area (Å²) in [5.41, 5.74) is 0. The van der Waals surface area contributed by atoms with Crippen molar-refractivity contribution in [1.29, 1.82) is 0 Å². The predicted molar refractivity (Wildman–Crippen MR) is 46.2 cm³/mol. The standard InChI is InChI=1S/C6H6OSe.C2H6/c7-5-3-1-2-4-6(5)8;1-2/h1-4,7-8H;1-2H3. The molecule has 1 aromatic rings. The van der Waals surface area contributed by atoms with Crippen LogP contribution in [0.4, 0.5) is 0 Å². The number of phenols is 1. The van der Waals surface area contributed by atoms with E-state index in [4.69, 9.17) is 5.11 Å². The van der Waals surface area contributed by atoms with Gasteiger partial charge in [0.05, 0.1) is 0 Å². The molecule has 1 N–H and O–H groups in total. The van der Waals surface area contributed by atoms with E-state index in [0.717, 1.165) is 4.46 Å². The Morgan fingerprint density at radius 3 is 2.00 bits per heavy atom. The van der Waals surface area contributed by atoms with Gasteiger partial charge in [-0.3, -0.25) is 0 Å². The van der Waals surface area contributed by atoms with E-state index >= 15 is 0 Å².